The third-order valence-electron chi connectivity index (χ3n) is 9.18. The second-order valence-corrected chi connectivity index (χ2v) is 13.7. The van der Waals surface area contributed by atoms with E-state index in [0.29, 0.717) is 0 Å². The SMILES string of the molecule is CC(C)c1cccc(C(C)C)c1NC(=O)N(C)C(C)(Cc1c[nH]c2ccccc12)C(=O)N[C@H]1COC(C)(C)O[C@H]1c1ccccc1. The minimum Gasteiger partial charge on any atom is -0.361 e. The number of urea groups is 1. The highest BCUT2D eigenvalue weighted by atomic mass is 16.7. The van der Waals surface area contributed by atoms with Crippen molar-refractivity contribution in [2.24, 2.45) is 0 Å². The number of hydrogen-bond acceptors (Lipinski definition) is 4. The molecule has 2 heterocycles. The van der Waals surface area contributed by atoms with Crippen LogP contribution in [0.15, 0.2) is 79.0 Å². The zero-order chi connectivity index (χ0) is 33.2. The van der Waals surface area contributed by atoms with E-state index < -0.39 is 23.5 Å². The number of rotatable bonds is 9. The average Bonchev–Trinajstić information content (AvgIpc) is 3.43. The molecule has 0 saturated carbocycles. The predicted molar refractivity (Wildman–Crippen MR) is 184 cm³/mol. The van der Waals surface area contributed by atoms with Crippen molar-refractivity contribution < 1.29 is 19.1 Å². The van der Waals surface area contributed by atoms with Gasteiger partial charge in [0.1, 0.15) is 11.6 Å². The van der Waals surface area contributed by atoms with Gasteiger partial charge < -0.3 is 30.0 Å². The Hall–Kier alpha value is -4.14. The molecule has 8 nitrogen and oxygen atoms in total. The van der Waals surface area contributed by atoms with Crippen molar-refractivity contribution in [3.8, 4) is 0 Å². The Kier molecular flexibility index (Phi) is 9.61. The molecule has 1 aromatic heterocycles. The molecule has 244 valence electrons. The smallest absolute Gasteiger partial charge is 0.322 e. The normalized spacial score (nSPS) is 19.2. The van der Waals surface area contributed by atoms with Gasteiger partial charge in [0.05, 0.1) is 12.6 Å². The fourth-order valence-corrected chi connectivity index (χ4v) is 6.29. The molecule has 4 aromatic rings. The van der Waals surface area contributed by atoms with Crippen LogP contribution in [-0.4, -0.2) is 52.8 Å². The van der Waals surface area contributed by atoms with Gasteiger partial charge in [0, 0.05) is 36.3 Å². The minimum atomic E-state index is -1.28. The molecule has 3 N–H and O–H groups in total. The summed E-state index contributed by atoms with van der Waals surface area (Å²) in [7, 11) is 1.70. The first-order valence-electron chi connectivity index (χ1n) is 16.2. The van der Waals surface area contributed by atoms with Crippen molar-refractivity contribution in [1.29, 1.82) is 0 Å². The van der Waals surface area contributed by atoms with Crippen molar-refractivity contribution in [1.82, 2.24) is 15.2 Å². The summed E-state index contributed by atoms with van der Waals surface area (Å²) >= 11 is 0. The lowest BCUT2D eigenvalue weighted by atomic mass is 9.89. The van der Waals surface area contributed by atoms with E-state index in [0.717, 1.165) is 38.8 Å². The number of carbonyl (C=O) groups excluding carboxylic acids is 2. The fraction of sp³-hybridized carbons (Fsp3) is 0.421. The minimum absolute atomic E-state index is 0.200. The van der Waals surface area contributed by atoms with Crippen LogP contribution in [-0.2, 0) is 20.7 Å². The van der Waals surface area contributed by atoms with Crippen LogP contribution < -0.4 is 10.6 Å². The molecule has 5 rings (SSSR count). The summed E-state index contributed by atoms with van der Waals surface area (Å²) in [6, 6.07) is 23.2. The number of amides is 3. The summed E-state index contributed by atoms with van der Waals surface area (Å²) in [6.07, 6.45) is 1.78. The molecule has 46 heavy (non-hydrogen) atoms. The second kappa shape index (κ2) is 13.3. The number of hydrogen-bond donors (Lipinski definition) is 3. The number of fused-ring (bicyclic) bond motifs is 1. The maximum absolute atomic E-state index is 14.6. The molecule has 0 spiro atoms. The number of nitrogens with zero attached hydrogens (tertiary/aromatic N) is 1. The molecule has 3 amide bonds. The van der Waals surface area contributed by atoms with E-state index in [9.17, 15) is 9.59 Å². The quantitative estimate of drug-likeness (QED) is 0.177. The summed E-state index contributed by atoms with van der Waals surface area (Å²) in [5.74, 6) is -0.713. The predicted octanol–water partition coefficient (Wildman–Crippen LogP) is 7.89. The number of likely N-dealkylation sites (N-methyl/N-ethyl adjacent to an activating group) is 1. The summed E-state index contributed by atoms with van der Waals surface area (Å²) in [5.41, 5.74) is 4.49. The van der Waals surface area contributed by atoms with Crippen LogP contribution >= 0.6 is 0 Å². The second-order valence-electron chi connectivity index (χ2n) is 13.7. The average molecular weight is 625 g/mol. The van der Waals surface area contributed by atoms with Crippen LogP contribution in [0.25, 0.3) is 10.9 Å². The maximum atomic E-state index is 14.6. The van der Waals surface area contributed by atoms with E-state index in [-0.39, 0.29) is 36.8 Å². The van der Waals surface area contributed by atoms with Crippen LogP contribution in [0.2, 0.25) is 0 Å². The standard InChI is InChI=1S/C38H48N4O4/c1-24(2)28-18-14-19-29(25(3)4)33(28)41-36(44)42(8)38(7,21-27-22-39-31-20-13-12-17-30(27)31)35(43)40-32-23-45-37(5,6)46-34(32)26-15-10-9-11-16-26/h9-20,22,24-25,32,34,39H,21,23H2,1-8H3,(H,40,43)(H,41,44)/t32-,34-,38?/m0/s1. The van der Waals surface area contributed by atoms with Crippen LogP contribution in [0.5, 0.6) is 0 Å². The Balaban J connectivity index is 1.51. The van der Waals surface area contributed by atoms with Crippen molar-refractivity contribution in [2.75, 3.05) is 19.0 Å². The Labute approximate surface area is 272 Å². The molecule has 3 atom stereocenters. The molecule has 1 fully saturated rings. The molecular weight excluding hydrogens is 576 g/mol. The Morgan fingerprint density at radius 2 is 1.59 bits per heavy atom. The highest BCUT2D eigenvalue weighted by Gasteiger charge is 2.45. The van der Waals surface area contributed by atoms with Crippen molar-refractivity contribution in [2.45, 2.75) is 90.2 Å². The van der Waals surface area contributed by atoms with Gasteiger partial charge in [-0.3, -0.25) is 4.79 Å². The summed E-state index contributed by atoms with van der Waals surface area (Å²) < 4.78 is 12.4. The lowest BCUT2D eigenvalue weighted by Crippen LogP contribution is -2.63. The van der Waals surface area contributed by atoms with Crippen LogP contribution in [0, 0.1) is 0 Å². The zero-order valence-corrected chi connectivity index (χ0v) is 28.3. The highest BCUT2D eigenvalue weighted by molar-refractivity contribution is 5.97. The summed E-state index contributed by atoms with van der Waals surface area (Å²) in [4.78, 5) is 33.7. The largest absolute Gasteiger partial charge is 0.361 e. The van der Waals surface area contributed by atoms with E-state index in [1.54, 1.807) is 7.05 Å². The van der Waals surface area contributed by atoms with E-state index in [4.69, 9.17) is 9.47 Å². The molecule has 1 unspecified atom stereocenters. The van der Waals surface area contributed by atoms with Crippen molar-refractivity contribution >= 4 is 28.5 Å². The number of aromatic nitrogens is 1. The number of para-hydroxylation sites is 2. The van der Waals surface area contributed by atoms with Gasteiger partial charge in [-0.1, -0.05) is 94.4 Å². The monoisotopic (exact) mass is 624 g/mol. The number of anilines is 1. The molecule has 0 radical (unpaired) electrons. The van der Waals surface area contributed by atoms with E-state index in [2.05, 4.69) is 55.4 Å². The Morgan fingerprint density at radius 1 is 0.957 bits per heavy atom. The summed E-state index contributed by atoms with van der Waals surface area (Å²) in [5, 5.41) is 7.47. The molecule has 0 bridgehead atoms. The van der Waals surface area contributed by atoms with Gasteiger partial charge >= 0.3 is 6.03 Å². The maximum Gasteiger partial charge on any atom is 0.322 e. The Bertz CT molecular complexity index is 1650. The van der Waals surface area contributed by atoms with Gasteiger partial charge in [-0.25, -0.2) is 4.79 Å². The van der Waals surface area contributed by atoms with Crippen LogP contribution in [0.1, 0.15) is 88.7 Å². The van der Waals surface area contributed by atoms with Gasteiger partial charge in [0.25, 0.3) is 0 Å². The number of H-pyrrole nitrogens is 1. The summed E-state index contributed by atoms with van der Waals surface area (Å²) in [6.45, 7) is 14.3. The highest BCUT2D eigenvalue weighted by Crippen LogP contribution is 2.36. The molecule has 1 aliphatic rings. The first-order valence-corrected chi connectivity index (χ1v) is 16.2. The third kappa shape index (κ3) is 6.83. The molecule has 0 aliphatic carbocycles. The molecule has 3 aromatic carbocycles. The molecule has 1 saturated heterocycles. The van der Waals surface area contributed by atoms with Gasteiger partial charge in [-0.2, -0.15) is 0 Å². The van der Waals surface area contributed by atoms with Crippen LogP contribution in [0.3, 0.4) is 0 Å². The number of benzene rings is 3. The van der Waals surface area contributed by atoms with Gasteiger partial charge in [0.2, 0.25) is 5.91 Å². The number of nitrogens with one attached hydrogen (secondary N) is 3. The van der Waals surface area contributed by atoms with Crippen LogP contribution in [0.4, 0.5) is 10.5 Å². The third-order valence-corrected chi connectivity index (χ3v) is 9.18. The van der Waals surface area contributed by atoms with Crippen molar-refractivity contribution in [3.05, 3.63) is 101 Å². The van der Waals surface area contributed by atoms with Crippen molar-refractivity contribution in [3.63, 3.8) is 0 Å². The lowest BCUT2D eigenvalue weighted by molar-refractivity contribution is -0.285. The first kappa shape index (κ1) is 33.2. The van der Waals surface area contributed by atoms with E-state index in [1.165, 1.54) is 4.90 Å². The molecule has 8 heteroatoms. The van der Waals surface area contributed by atoms with Gasteiger partial charge in [0.15, 0.2) is 5.79 Å². The fourth-order valence-electron chi connectivity index (χ4n) is 6.29. The molecule has 1 aliphatic heterocycles. The first-order chi connectivity index (χ1) is 21.8. The van der Waals surface area contributed by atoms with E-state index >= 15 is 0 Å². The molecular formula is C38H48N4O4. The Morgan fingerprint density at radius 3 is 2.24 bits per heavy atom. The van der Waals surface area contributed by atoms with Gasteiger partial charge in [-0.15, -0.1) is 0 Å². The number of aromatic amines is 1. The lowest BCUT2D eigenvalue weighted by Gasteiger charge is -2.44. The topological polar surface area (TPSA) is 95.7 Å². The zero-order valence-electron chi connectivity index (χ0n) is 28.3. The number of carbonyl (C=O) groups is 2. The van der Waals surface area contributed by atoms with E-state index in [1.807, 2.05) is 87.6 Å². The van der Waals surface area contributed by atoms with Gasteiger partial charge in [-0.05, 0) is 60.9 Å². The number of ether oxygens (including phenoxy) is 2.